The van der Waals surface area contributed by atoms with Crippen molar-refractivity contribution in [2.24, 2.45) is 0 Å². The molecule has 0 aliphatic rings. The molecule has 0 unspecified atom stereocenters. The van der Waals surface area contributed by atoms with Crippen LogP contribution in [-0.2, 0) is 14.8 Å². The molecule has 0 atom stereocenters. The van der Waals surface area contributed by atoms with Gasteiger partial charge in [-0.2, -0.15) is 4.31 Å². The lowest BCUT2D eigenvalue weighted by Gasteiger charge is -2.17. The van der Waals surface area contributed by atoms with E-state index in [1.807, 2.05) is 0 Å². The van der Waals surface area contributed by atoms with Crippen LogP contribution in [0.25, 0.3) is 11.1 Å². The number of sulfonamides is 1. The number of hydrogen-bond acceptors (Lipinski definition) is 5. The van der Waals surface area contributed by atoms with Crippen LogP contribution in [0.15, 0.2) is 51.8 Å². The largest absolute Gasteiger partial charge is 0.441 e. The van der Waals surface area contributed by atoms with Crippen molar-refractivity contribution in [3.05, 3.63) is 54.2 Å². The van der Waals surface area contributed by atoms with Crippen LogP contribution in [0.5, 0.6) is 0 Å². The molecular formula is C17H16FN3O4S. The Bertz CT molecular complexity index is 1060. The van der Waals surface area contributed by atoms with Crippen molar-refractivity contribution < 1.29 is 22.0 Å². The minimum atomic E-state index is -3.90. The minimum absolute atomic E-state index is 0.0892. The van der Waals surface area contributed by atoms with Gasteiger partial charge in [-0.25, -0.2) is 17.8 Å². The lowest BCUT2D eigenvalue weighted by atomic mass is 10.3. The molecule has 3 aromatic rings. The molecule has 1 amide bonds. The molecule has 0 fully saturated rings. The Kier molecular flexibility index (Phi) is 4.75. The van der Waals surface area contributed by atoms with E-state index in [2.05, 4.69) is 10.3 Å². The van der Waals surface area contributed by atoms with Gasteiger partial charge in [0.15, 0.2) is 11.5 Å². The maximum Gasteiger partial charge on any atom is 0.243 e. The topological polar surface area (TPSA) is 92.5 Å². The molecule has 0 saturated heterocycles. The fraction of sp³-hybridized carbons (Fsp3) is 0.176. The summed E-state index contributed by atoms with van der Waals surface area (Å²) in [7, 11) is -2.62. The van der Waals surface area contributed by atoms with Crippen molar-refractivity contribution in [1.29, 1.82) is 0 Å². The molecule has 0 aliphatic carbocycles. The Morgan fingerprint density at radius 1 is 1.23 bits per heavy atom. The summed E-state index contributed by atoms with van der Waals surface area (Å²) in [5, 5.41) is 2.62. The van der Waals surface area contributed by atoms with Gasteiger partial charge >= 0.3 is 0 Å². The number of aromatic nitrogens is 1. The first-order valence-electron chi connectivity index (χ1n) is 7.64. The van der Waals surface area contributed by atoms with Crippen LogP contribution in [-0.4, -0.2) is 37.2 Å². The van der Waals surface area contributed by atoms with Crippen LogP contribution in [0.2, 0.25) is 0 Å². The summed E-state index contributed by atoms with van der Waals surface area (Å²) in [5.41, 5.74) is 1.66. The Morgan fingerprint density at radius 3 is 2.62 bits per heavy atom. The predicted octanol–water partition coefficient (Wildman–Crippen LogP) is 2.53. The zero-order valence-corrected chi connectivity index (χ0v) is 14.9. The summed E-state index contributed by atoms with van der Waals surface area (Å²) in [6.07, 6.45) is 0. The molecule has 0 radical (unpaired) electrons. The van der Waals surface area contributed by atoms with Crippen LogP contribution in [0, 0.1) is 12.7 Å². The number of rotatable bonds is 5. The van der Waals surface area contributed by atoms with Crippen molar-refractivity contribution in [2.45, 2.75) is 11.8 Å². The van der Waals surface area contributed by atoms with Crippen molar-refractivity contribution in [2.75, 3.05) is 18.9 Å². The second-order valence-corrected chi connectivity index (χ2v) is 7.72. The number of benzene rings is 2. The molecule has 2 aromatic carbocycles. The number of carbonyl (C=O) groups is 1. The number of aryl methyl sites for hydroxylation is 1. The highest BCUT2D eigenvalue weighted by molar-refractivity contribution is 7.89. The third kappa shape index (κ3) is 3.73. The monoisotopic (exact) mass is 377 g/mol. The molecule has 0 spiro atoms. The van der Waals surface area contributed by atoms with E-state index in [0.717, 1.165) is 28.6 Å². The Hall–Kier alpha value is -2.78. The number of carbonyl (C=O) groups excluding carboxylic acids is 1. The van der Waals surface area contributed by atoms with Gasteiger partial charge in [0.05, 0.1) is 11.4 Å². The number of oxazole rings is 1. The van der Waals surface area contributed by atoms with Gasteiger partial charge in [-0.05, 0) is 42.5 Å². The van der Waals surface area contributed by atoms with Gasteiger partial charge in [0.1, 0.15) is 11.3 Å². The molecule has 1 N–H and O–H groups in total. The molecule has 0 aliphatic heterocycles. The molecular weight excluding hydrogens is 361 g/mol. The van der Waals surface area contributed by atoms with Crippen LogP contribution >= 0.6 is 0 Å². The smallest absolute Gasteiger partial charge is 0.243 e. The summed E-state index contributed by atoms with van der Waals surface area (Å²) in [4.78, 5) is 16.3. The lowest BCUT2D eigenvalue weighted by Crippen LogP contribution is -2.34. The van der Waals surface area contributed by atoms with Crippen LogP contribution in [0.4, 0.5) is 10.1 Å². The third-order valence-corrected chi connectivity index (χ3v) is 5.48. The van der Waals surface area contributed by atoms with E-state index in [1.165, 1.54) is 7.05 Å². The summed E-state index contributed by atoms with van der Waals surface area (Å²) < 4.78 is 44.0. The highest BCUT2D eigenvalue weighted by Crippen LogP contribution is 2.20. The lowest BCUT2D eigenvalue weighted by molar-refractivity contribution is -0.116. The van der Waals surface area contributed by atoms with Gasteiger partial charge in [-0.15, -0.1) is 0 Å². The van der Waals surface area contributed by atoms with E-state index in [1.54, 1.807) is 25.1 Å². The Labute approximate surface area is 149 Å². The van der Waals surface area contributed by atoms with E-state index in [0.29, 0.717) is 22.7 Å². The van der Waals surface area contributed by atoms with Crippen LogP contribution in [0.1, 0.15) is 5.89 Å². The van der Waals surface area contributed by atoms with Crippen LogP contribution < -0.4 is 5.32 Å². The van der Waals surface area contributed by atoms with E-state index < -0.39 is 28.3 Å². The summed E-state index contributed by atoms with van der Waals surface area (Å²) in [6, 6.07) is 9.35. The Morgan fingerprint density at radius 2 is 1.92 bits per heavy atom. The number of hydrogen-bond donors (Lipinski definition) is 1. The average Bonchev–Trinajstić information content (AvgIpc) is 2.94. The molecule has 1 aromatic heterocycles. The SMILES string of the molecule is Cc1nc2cc(NC(=O)CN(C)S(=O)(=O)c3ccc(F)cc3)ccc2o1. The normalized spacial score (nSPS) is 11.8. The van der Waals surface area contributed by atoms with Gasteiger partial charge in [0.25, 0.3) is 0 Å². The summed E-state index contributed by atoms with van der Waals surface area (Å²) >= 11 is 0. The molecule has 7 nitrogen and oxygen atoms in total. The zero-order valence-electron chi connectivity index (χ0n) is 14.1. The average molecular weight is 377 g/mol. The standard InChI is InChI=1S/C17H16FN3O4S/c1-11-19-15-9-13(5-8-16(15)25-11)20-17(22)10-21(2)26(23,24)14-6-3-12(18)4-7-14/h3-9H,10H2,1-2H3,(H,20,22). The van der Waals surface area contributed by atoms with Gasteiger partial charge < -0.3 is 9.73 Å². The quantitative estimate of drug-likeness (QED) is 0.738. The van der Waals surface area contributed by atoms with Crippen molar-refractivity contribution >= 4 is 32.7 Å². The number of likely N-dealkylation sites (N-methyl/N-ethyl adjacent to an activating group) is 1. The molecule has 3 rings (SSSR count). The number of nitrogens with one attached hydrogen (secondary N) is 1. The van der Waals surface area contributed by atoms with Crippen molar-refractivity contribution in [3.8, 4) is 0 Å². The maximum absolute atomic E-state index is 13.0. The first-order valence-corrected chi connectivity index (χ1v) is 9.09. The van der Waals surface area contributed by atoms with E-state index in [4.69, 9.17) is 4.42 Å². The molecule has 26 heavy (non-hydrogen) atoms. The van der Waals surface area contributed by atoms with Gasteiger partial charge in [0, 0.05) is 19.7 Å². The fourth-order valence-corrected chi connectivity index (χ4v) is 3.52. The van der Waals surface area contributed by atoms with Crippen molar-refractivity contribution in [1.82, 2.24) is 9.29 Å². The predicted molar refractivity (Wildman–Crippen MR) is 93.6 cm³/mol. The first-order chi connectivity index (χ1) is 12.3. The number of amides is 1. The zero-order chi connectivity index (χ0) is 18.9. The highest BCUT2D eigenvalue weighted by Gasteiger charge is 2.23. The van der Waals surface area contributed by atoms with Crippen LogP contribution in [0.3, 0.4) is 0 Å². The maximum atomic E-state index is 13.0. The highest BCUT2D eigenvalue weighted by atomic mass is 32.2. The molecule has 1 heterocycles. The fourth-order valence-electron chi connectivity index (χ4n) is 2.39. The second-order valence-electron chi connectivity index (χ2n) is 5.68. The van der Waals surface area contributed by atoms with Gasteiger partial charge in [-0.3, -0.25) is 4.79 Å². The van der Waals surface area contributed by atoms with Gasteiger partial charge in [-0.1, -0.05) is 0 Å². The van der Waals surface area contributed by atoms with E-state index in [-0.39, 0.29) is 4.90 Å². The van der Waals surface area contributed by atoms with Gasteiger partial charge in [0.2, 0.25) is 15.9 Å². The minimum Gasteiger partial charge on any atom is -0.441 e. The van der Waals surface area contributed by atoms with E-state index >= 15 is 0 Å². The number of fused-ring (bicyclic) bond motifs is 1. The Balaban J connectivity index is 1.70. The number of halogens is 1. The summed E-state index contributed by atoms with van der Waals surface area (Å²) in [5.74, 6) is -0.547. The molecule has 9 heteroatoms. The third-order valence-electron chi connectivity index (χ3n) is 3.67. The second kappa shape index (κ2) is 6.85. The molecule has 0 saturated carbocycles. The number of anilines is 1. The first kappa shape index (κ1) is 18.0. The number of nitrogens with zero attached hydrogens (tertiary/aromatic N) is 2. The van der Waals surface area contributed by atoms with E-state index in [9.17, 15) is 17.6 Å². The van der Waals surface area contributed by atoms with Crippen molar-refractivity contribution in [3.63, 3.8) is 0 Å². The summed E-state index contributed by atoms with van der Waals surface area (Å²) in [6.45, 7) is 1.32. The molecule has 136 valence electrons. The molecule has 0 bridgehead atoms.